The van der Waals surface area contributed by atoms with Gasteiger partial charge in [0.15, 0.2) is 5.13 Å². The van der Waals surface area contributed by atoms with Gasteiger partial charge in [0.2, 0.25) is 10.0 Å². The van der Waals surface area contributed by atoms with Crippen molar-refractivity contribution in [3.05, 3.63) is 89.5 Å². The van der Waals surface area contributed by atoms with E-state index in [4.69, 9.17) is 4.98 Å². The number of thiazole rings is 1. The SMILES string of the molecule is CCCN(CCC)S(=O)(=O)c1ccc(C(=O)N(Cc2ccccc2)c2nc3c(C(C)C)cccc3s2)cc1. The number of hydrogen-bond acceptors (Lipinski definition) is 5. The van der Waals surface area contributed by atoms with Crippen molar-refractivity contribution in [3.8, 4) is 0 Å². The van der Waals surface area contributed by atoms with Crippen LogP contribution >= 0.6 is 11.3 Å². The van der Waals surface area contributed by atoms with Gasteiger partial charge in [-0.15, -0.1) is 0 Å². The Morgan fingerprint density at radius 3 is 2.16 bits per heavy atom. The van der Waals surface area contributed by atoms with Gasteiger partial charge in [-0.25, -0.2) is 13.4 Å². The van der Waals surface area contributed by atoms with Crippen molar-refractivity contribution in [1.82, 2.24) is 9.29 Å². The zero-order valence-corrected chi connectivity index (χ0v) is 24.1. The van der Waals surface area contributed by atoms with Crippen LogP contribution in [0.3, 0.4) is 0 Å². The summed E-state index contributed by atoms with van der Waals surface area (Å²) >= 11 is 1.49. The predicted octanol–water partition coefficient (Wildman–Crippen LogP) is 7.08. The van der Waals surface area contributed by atoms with Crippen LogP contribution in [0.4, 0.5) is 5.13 Å². The van der Waals surface area contributed by atoms with E-state index in [9.17, 15) is 13.2 Å². The summed E-state index contributed by atoms with van der Waals surface area (Å²) in [6, 6.07) is 22.3. The molecule has 0 aliphatic rings. The Morgan fingerprint density at radius 2 is 1.55 bits per heavy atom. The van der Waals surface area contributed by atoms with E-state index >= 15 is 0 Å². The lowest BCUT2D eigenvalue weighted by Crippen LogP contribution is -2.33. The first-order valence-corrected chi connectivity index (χ1v) is 15.4. The molecule has 38 heavy (non-hydrogen) atoms. The summed E-state index contributed by atoms with van der Waals surface area (Å²) in [6.07, 6.45) is 1.48. The molecule has 0 fully saturated rings. The summed E-state index contributed by atoms with van der Waals surface area (Å²) in [5, 5.41) is 0.621. The lowest BCUT2D eigenvalue weighted by molar-refractivity contribution is 0.0985. The monoisotopic (exact) mass is 549 g/mol. The van der Waals surface area contributed by atoms with Crippen molar-refractivity contribution in [1.29, 1.82) is 0 Å². The van der Waals surface area contributed by atoms with Crippen molar-refractivity contribution < 1.29 is 13.2 Å². The molecule has 0 atom stereocenters. The molecular weight excluding hydrogens is 514 g/mol. The number of sulfonamides is 1. The standard InChI is InChI=1S/C30H35N3O3S2/c1-5-19-32(20-6-2)38(35,36)25-17-15-24(16-18-25)29(34)33(21-23-11-8-7-9-12-23)30-31-28-26(22(3)4)13-10-14-27(28)37-30/h7-18,22H,5-6,19-21H2,1-4H3. The molecule has 1 heterocycles. The molecule has 0 aliphatic heterocycles. The molecule has 3 aromatic carbocycles. The van der Waals surface area contributed by atoms with Gasteiger partial charge in [-0.1, -0.05) is 81.5 Å². The smallest absolute Gasteiger partial charge is 0.260 e. The second kappa shape index (κ2) is 12.2. The first kappa shape index (κ1) is 28.0. The van der Waals surface area contributed by atoms with Gasteiger partial charge >= 0.3 is 0 Å². The molecule has 0 saturated heterocycles. The lowest BCUT2D eigenvalue weighted by Gasteiger charge is -2.22. The fraction of sp³-hybridized carbons (Fsp3) is 0.333. The highest BCUT2D eigenvalue weighted by molar-refractivity contribution is 7.89. The summed E-state index contributed by atoms with van der Waals surface area (Å²) in [5.74, 6) is 0.0864. The number of carbonyl (C=O) groups excluding carboxylic acids is 1. The minimum atomic E-state index is -3.62. The van der Waals surface area contributed by atoms with Crippen molar-refractivity contribution in [2.45, 2.75) is 57.9 Å². The van der Waals surface area contributed by atoms with Gasteiger partial charge in [-0.2, -0.15) is 4.31 Å². The van der Waals surface area contributed by atoms with Gasteiger partial charge in [0.05, 0.1) is 21.7 Å². The molecule has 8 heteroatoms. The average Bonchev–Trinajstić information content (AvgIpc) is 3.36. The number of benzene rings is 3. The predicted molar refractivity (Wildman–Crippen MR) is 156 cm³/mol. The molecule has 200 valence electrons. The number of rotatable bonds is 11. The number of para-hydroxylation sites is 1. The molecule has 0 radical (unpaired) electrons. The normalized spacial score (nSPS) is 11.9. The molecule has 0 bridgehead atoms. The maximum absolute atomic E-state index is 13.9. The van der Waals surface area contributed by atoms with E-state index in [0.29, 0.717) is 36.2 Å². The zero-order valence-electron chi connectivity index (χ0n) is 22.4. The fourth-order valence-corrected chi connectivity index (χ4v) is 7.08. The van der Waals surface area contributed by atoms with Crippen LogP contribution in [-0.2, 0) is 16.6 Å². The number of hydrogen-bond donors (Lipinski definition) is 0. The third kappa shape index (κ3) is 5.98. The van der Waals surface area contributed by atoms with E-state index < -0.39 is 10.0 Å². The Balaban J connectivity index is 1.71. The number of amides is 1. The maximum atomic E-state index is 13.9. The van der Waals surface area contributed by atoms with Crippen LogP contribution in [0.1, 0.15) is 67.9 Å². The van der Waals surface area contributed by atoms with Crippen LogP contribution in [0.2, 0.25) is 0 Å². The Hall–Kier alpha value is -3.07. The molecule has 0 spiro atoms. The van der Waals surface area contributed by atoms with E-state index in [-0.39, 0.29) is 10.8 Å². The fourth-order valence-electron chi connectivity index (χ4n) is 4.46. The first-order valence-electron chi connectivity index (χ1n) is 13.1. The summed E-state index contributed by atoms with van der Waals surface area (Å²) in [6.45, 7) is 9.50. The van der Waals surface area contributed by atoms with E-state index in [0.717, 1.165) is 34.2 Å². The Labute approximate surface area is 230 Å². The summed E-state index contributed by atoms with van der Waals surface area (Å²) in [5.41, 5.74) is 3.47. The molecule has 4 aromatic rings. The highest BCUT2D eigenvalue weighted by Gasteiger charge is 2.26. The topological polar surface area (TPSA) is 70.6 Å². The second-order valence-corrected chi connectivity index (χ2v) is 12.6. The molecule has 4 rings (SSSR count). The van der Waals surface area contributed by atoms with Crippen LogP contribution in [0, 0.1) is 0 Å². The van der Waals surface area contributed by atoms with Gasteiger partial charge in [-0.3, -0.25) is 9.69 Å². The minimum Gasteiger partial charge on any atom is -0.279 e. The van der Waals surface area contributed by atoms with Gasteiger partial charge in [0, 0.05) is 18.7 Å². The third-order valence-corrected chi connectivity index (χ3v) is 9.36. The zero-order chi connectivity index (χ0) is 27.3. The van der Waals surface area contributed by atoms with E-state index in [1.165, 1.54) is 27.8 Å². The Morgan fingerprint density at radius 1 is 0.895 bits per heavy atom. The summed E-state index contributed by atoms with van der Waals surface area (Å²) in [4.78, 5) is 20.7. The summed E-state index contributed by atoms with van der Waals surface area (Å²) in [7, 11) is -3.62. The van der Waals surface area contributed by atoms with Crippen LogP contribution < -0.4 is 4.90 Å². The highest BCUT2D eigenvalue weighted by Crippen LogP contribution is 2.35. The molecule has 1 aromatic heterocycles. The van der Waals surface area contributed by atoms with Crippen molar-refractivity contribution in [2.75, 3.05) is 18.0 Å². The van der Waals surface area contributed by atoms with Crippen LogP contribution in [0.5, 0.6) is 0 Å². The van der Waals surface area contributed by atoms with Gasteiger partial charge < -0.3 is 0 Å². The van der Waals surface area contributed by atoms with Gasteiger partial charge in [-0.05, 0) is 60.2 Å². The Kier molecular flexibility index (Phi) is 8.97. The number of anilines is 1. The van der Waals surface area contributed by atoms with E-state index in [2.05, 4.69) is 19.9 Å². The van der Waals surface area contributed by atoms with Crippen molar-refractivity contribution in [3.63, 3.8) is 0 Å². The maximum Gasteiger partial charge on any atom is 0.260 e. The average molecular weight is 550 g/mol. The Bertz CT molecular complexity index is 1470. The molecule has 0 N–H and O–H groups in total. The number of carbonyl (C=O) groups is 1. The number of fused-ring (bicyclic) bond motifs is 1. The van der Waals surface area contributed by atoms with Gasteiger partial charge in [0.25, 0.3) is 5.91 Å². The number of aromatic nitrogens is 1. The molecule has 1 amide bonds. The third-order valence-electron chi connectivity index (χ3n) is 6.41. The lowest BCUT2D eigenvalue weighted by atomic mass is 10.0. The van der Waals surface area contributed by atoms with Crippen molar-refractivity contribution >= 4 is 42.6 Å². The summed E-state index contributed by atoms with van der Waals surface area (Å²) < 4.78 is 28.9. The number of nitrogens with zero attached hydrogens (tertiary/aromatic N) is 3. The largest absolute Gasteiger partial charge is 0.279 e. The van der Waals surface area contributed by atoms with Crippen molar-refractivity contribution in [2.24, 2.45) is 0 Å². The molecular formula is C30H35N3O3S2. The van der Waals surface area contributed by atoms with E-state index in [1.807, 2.05) is 56.3 Å². The van der Waals surface area contributed by atoms with Crippen LogP contribution in [0.15, 0.2) is 77.7 Å². The first-order chi connectivity index (χ1) is 18.3. The van der Waals surface area contributed by atoms with E-state index in [1.54, 1.807) is 17.0 Å². The molecule has 0 aliphatic carbocycles. The van der Waals surface area contributed by atoms with Gasteiger partial charge in [0.1, 0.15) is 0 Å². The van der Waals surface area contributed by atoms with Crippen LogP contribution in [0.25, 0.3) is 10.2 Å². The second-order valence-electron chi connectivity index (χ2n) is 9.65. The molecule has 0 saturated carbocycles. The molecule has 6 nitrogen and oxygen atoms in total. The highest BCUT2D eigenvalue weighted by atomic mass is 32.2. The molecule has 0 unspecified atom stereocenters. The minimum absolute atomic E-state index is 0.201. The quantitative estimate of drug-likeness (QED) is 0.200. The van der Waals surface area contributed by atoms with Crippen LogP contribution in [-0.4, -0.2) is 36.7 Å².